The Kier molecular flexibility index (Phi) is 6.66. The highest BCUT2D eigenvalue weighted by atomic mass is 16.3. The number of nitrogens with one attached hydrogen (secondary N) is 1. The highest BCUT2D eigenvalue weighted by Gasteiger charge is 2.48. The first kappa shape index (κ1) is 22.2. The van der Waals surface area contributed by atoms with Crippen molar-refractivity contribution in [2.75, 3.05) is 19.6 Å². The molecular weight excluding hydrogens is 400 g/mol. The second-order valence-corrected chi connectivity index (χ2v) is 9.12. The summed E-state index contributed by atoms with van der Waals surface area (Å²) >= 11 is 0. The molecule has 0 radical (unpaired) electrons. The van der Waals surface area contributed by atoms with Gasteiger partial charge in [0.1, 0.15) is 11.5 Å². The van der Waals surface area contributed by atoms with Gasteiger partial charge in [0.2, 0.25) is 5.91 Å². The Morgan fingerprint density at radius 1 is 1.16 bits per heavy atom. The van der Waals surface area contributed by atoms with Crippen LogP contribution < -0.4 is 5.32 Å². The summed E-state index contributed by atoms with van der Waals surface area (Å²) in [6, 6.07) is 14.6. The van der Waals surface area contributed by atoms with Gasteiger partial charge in [-0.15, -0.1) is 6.58 Å². The first-order valence-electron chi connectivity index (χ1n) is 11.4. The van der Waals surface area contributed by atoms with Crippen LogP contribution in [0.25, 0.3) is 6.08 Å². The van der Waals surface area contributed by atoms with Crippen molar-refractivity contribution in [3.63, 3.8) is 0 Å². The van der Waals surface area contributed by atoms with Crippen molar-refractivity contribution in [3.05, 3.63) is 78.4 Å². The minimum atomic E-state index is -0.119. The van der Waals surface area contributed by atoms with Crippen LogP contribution in [0.2, 0.25) is 0 Å². The number of benzene rings is 2. The zero-order valence-corrected chi connectivity index (χ0v) is 18.4. The second-order valence-electron chi connectivity index (χ2n) is 9.12. The number of piperidine rings is 1. The van der Waals surface area contributed by atoms with Gasteiger partial charge in [-0.1, -0.05) is 30.3 Å². The fourth-order valence-corrected chi connectivity index (χ4v) is 5.55. The lowest BCUT2D eigenvalue weighted by atomic mass is 9.58. The third-order valence-corrected chi connectivity index (χ3v) is 7.06. The number of nitrogens with zero attached hydrogens (tertiary/aromatic N) is 1. The van der Waals surface area contributed by atoms with Gasteiger partial charge in [0.15, 0.2) is 0 Å². The highest BCUT2D eigenvalue weighted by Crippen LogP contribution is 2.49. The average molecular weight is 433 g/mol. The number of rotatable bonds is 6. The summed E-state index contributed by atoms with van der Waals surface area (Å²) in [6.07, 6.45) is 9.07. The molecule has 2 aliphatic rings. The van der Waals surface area contributed by atoms with Gasteiger partial charge in [-0.05, 0) is 79.6 Å². The molecule has 1 saturated heterocycles. The molecule has 0 spiro atoms. The van der Waals surface area contributed by atoms with Crippen LogP contribution >= 0.6 is 0 Å². The van der Waals surface area contributed by atoms with Crippen molar-refractivity contribution in [1.82, 2.24) is 10.2 Å². The number of carbonyl (C=O) groups is 1. The maximum Gasteiger partial charge on any atom is 0.244 e. The van der Waals surface area contributed by atoms with E-state index < -0.39 is 0 Å². The molecule has 0 bridgehead atoms. The van der Waals surface area contributed by atoms with Gasteiger partial charge >= 0.3 is 0 Å². The quantitative estimate of drug-likeness (QED) is 0.472. The Hall–Kier alpha value is -3.05. The maximum absolute atomic E-state index is 12.6. The third kappa shape index (κ3) is 4.89. The second kappa shape index (κ2) is 9.61. The van der Waals surface area contributed by atoms with E-state index in [1.165, 1.54) is 11.6 Å². The van der Waals surface area contributed by atoms with Crippen LogP contribution in [0.5, 0.6) is 11.5 Å². The molecule has 2 fully saturated rings. The number of hydrogen-bond acceptors (Lipinski definition) is 4. The van der Waals surface area contributed by atoms with Crippen molar-refractivity contribution in [3.8, 4) is 11.5 Å². The van der Waals surface area contributed by atoms with Crippen molar-refractivity contribution in [2.45, 2.75) is 37.1 Å². The van der Waals surface area contributed by atoms with Gasteiger partial charge in [0, 0.05) is 30.6 Å². The zero-order chi connectivity index (χ0) is 22.6. The van der Waals surface area contributed by atoms with Crippen molar-refractivity contribution >= 4 is 12.0 Å². The van der Waals surface area contributed by atoms with Crippen LogP contribution in [0.3, 0.4) is 0 Å². The van der Waals surface area contributed by atoms with Crippen molar-refractivity contribution in [2.24, 2.45) is 5.92 Å². The predicted octanol–water partition coefficient (Wildman–Crippen LogP) is 4.23. The summed E-state index contributed by atoms with van der Waals surface area (Å²) in [7, 11) is 0. The molecule has 1 saturated carbocycles. The van der Waals surface area contributed by atoms with E-state index >= 15 is 0 Å². The van der Waals surface area contributed by atoms with E-state index in [1.807, 2.05) is 24.3 Å². The van der Waals surface area contributed by atoms with Crippen LogP contribution in [-0.2, 0) is 10.2 Å². The van der Waals surface area contributed by atoms with E-state index in [0.29, 0.717) is 11.7 Å². The summed E-state index contributed by atoms with van der Waals surface area (Å²) in [5.74, 6) is 0.840. The van der Waals surface area contributed by atoms with Gasteiger partial charge < -0.3 is 15.5 Å². The monoisotopic (exact) mass is 432 g/mol. The van der Waals surface area contributed by atoms with Gasteiger partial charge in [-0.2, -0.15) is 0 Å². The smallest absolute Gasteiger partial charge is 0.244 e. The largest absolute Gasteiger partial charge is 0.508 e. The molecule has 5 heteroatoms. The van der Waals surface area contributed by atoms with E-state index in [-0.39, 0.29) is 23.1 Å². The van der Waals surface area contributed by atoms with Gasteiger partial charge in [0.25, 0.3) is 0 Å². The van der Waals surface area contributed by atoms with Crippen LogP contribution in [-0.4, -0.2) is 46.7 Å². The van der Waals surface area contributed by atoms with Gasteiger partial charge in [-0.3, -0.25) is 9.69 Å². The number of fused-ring (bicyclic) bond motifs is 1. The van der Waals surface area contributed by atoms with Crippen molar-refractivity contribution in [1.29, 1.82) is 0 Å². The van der Waals surface area contributed by atoms with Crippen LogP contribution in [0.4, 0.5) is 0 Å². The fraction of sp³-hybridized carbons (Fsp3) is 0.370. The number of phenolic OH excluding ortho intramolecular Hbond substituents is 2. The molecular formula is C27H32N2O3. The van der Waals surface area contributed by atoms with E-state index in [0.717, 1.165) is 50.9 Å². The molecule has 5 nitrogen and oxygen atoms in total. The van der Waals surface area contributed by atoms with E-state index in [9.17, 15) is 15.0 Å². The minimum Gasteiger partial charge on any atom is -0.508 e. The van der Waals surface area contributed by atoms with Crippen LogP contribution in [0.1, 0.15) is 36.8 Å². The molecule has 32 heavy (non-hydrogen) atoms. The zero-order valence-electron chi connectivity index (χ0n) is 18.4. The minimum absolute atomic E-state index is 0.0540. The fourth-order valence-electron chi connectivity index (χ4n) is 5.55. The number of aromatic hydroxyl groups is 2. The molecule has 3 unspecified atom stereocenters. The number of hydrogen-bond donors (Lipinski definition) is 3. The Balaban J connectivity index is 1.50. The summed E-state index contributed by atoms with van der Waals surface area (Å²) in [5.41, 5.74) is 1.91. The third-order valence-electron chi connectivity index (χ3n) is 7.06. The number of phenols is 2. The van der Waals surface area contributed by atoms with Gasteiger partial charge in [-0.25, -0.2) is 0 Å². The number of carbonyl (C=O) groups excluding carboxylic acids is 1. The van der Waals surface area contributed by atoms with Gasteiger partial charge in [0.05, 0.1) is 0 Å². The standard InChI is InChI=1S/C27H32N2O3/c1-2-14-29-15-13-27(21-6-4-8-25(31)17-21)18-23(11-10-22(27)19-29)28-26(32)12-9-20-5-3-7-24(30)16-20/h2-9,12,16-17,22-23,30-31H,1,10-11,13-15,18-19H2,(H,28,32). The molecule has 1 amide bonds. The molecule has 3 atom stereocenters. The molecule has 0 aromatic heterocycles. The number of likely N-dealkylation sites (tertiary alicyclic amines) is 1. The lowest BCUT2D eigenvalue weighted by Gasteiger charge is -2.53. The normalized spacial score (nSPS) is 25.9. The maximum atomic E-state index is 12.6. The molecule has 2 aromatic carbocycles. The molecule has 168 valence electrons. The van der Waals surface area contributed by atoms with E-state index in [2.05, 4.69) is 22.9 Å². The summed E-state index contributed by atoms with van der Waals surface area (Å²) < 4.78 is 0. The Bertz CT molecular complexity index is 1000. The topological polar surface area (TPSA) is 72.8 Å². The lowest BCUT2D eigenvalue weighted by molar-refractivity contribution is -0.117. The first-order chi connectivity index (χ1) is 15.5. The van der Waals surface area contributed by atoms with Crippen LogP contribution in [0, 0.1) is 5.92 Å². The molecule has 1 aliphatic heterocycles. The Labute approximate surface area is 190 Å². The molecule has 1 aliphatic carbocycles. The summed E-state index contributed by atoms with van der Waals surface area (Å²) in [5, 5.41) is 23.0. The molecule has 1 heterocycles. The molecule has 4 rings (SSSR count). The average Bonchev–Trinajstić information content (AvgIpc) is 2.78. The highest BCUT2D eigenvalue weighted by molar-refractivity contribution is 5.92. The molecule has 3 N–H and O–H groups in total. The predicted molar refractivity (Wildman–Crippen MR) is 127 cm³/mol. The summed E-state index contributed by atoms with van der Waals surface area (Å²) in [6.45, 7) is 6.78. The van der Waals surface area contributed by atoms with E-state index in [1.54, 1.807) is 30.3 Å². The number of amides is 1. The molecule has 2 aromatic rings. The lowest BCUT2D eigenvalue weighted by Crippen LogP contribution is -2.56. The first-order valence-corrected chi connectivity index (χ1v) is 11.4. The summed E-state index contributed by atoms with van der Waals surface area (Å²) in [4.78, 5) is 15.1. The SMILES string of the molecule is C=CCN1CCC2(c3cccc(O)c3)CC(NC(=O)C=Cc3cccc(O)c3)CCC2C1. The Morgan fingerprint density at radius 3 is 2.69 bits per heavy atom. The Morgan fingerprint density at radius 2 is 1.94 bits per heavy atom. The van der Waals surface area contributed by atoms with Crippen molar-refractivity contribution < 1.29 is 15.0 Å². The van der Waals surface area contributed by atoms with E-state index in [4.69, 9.17) is 0 Å². The van der Waals surface area contributed by atoms with Crippen LogP contribution in [0.15, 0.2) is 67.3 Å².